The molecule has 2 atom stereocenters. The van der Waals surface area contributed by atoms with Crippen molar-refractivity contribution < 1.29 is 14.6 Å². The van der Waals surface area contributed by atoms with E-state index in [2.05, 4.69) is 33.0 Å². The van der Waals surface area contributed by atoms with Gasteiger partial charge in [-0.1, -0.05) is 33.8 Å². The van der Waals surface area contributed by atoms with Crippen LogP contribution in [0.25, 0.3) is 0 Å². The third kappa shape index (κ3) is 3.44. The molecule has 1 heterocycles. The highest BCUT2D eigenvalue weighted by Crippen LogP contribution is 2.34. The Morgan fingerprint density at radius 3 is 2.30 bits per heavy atom. The van der Waals surface area contributed by atoms with Gasteiger partial charge in [0.05, 0.1) is 6.10 Å². The fraction of sp³-hybridized carbons (Fsp3) is 0.625. The minimum atomic E-state index is -0.562. The van der Waals surface area contributed by atoms with Crippen molar-refractivity contribution in [3.63, 3.8) is 0 Å². The van der Waals surface area contributed by atoms with E-state index < -0.39 is 6.10 Å². The summed E-state index contributed by atoms with van der Waals surface area (Å²) in [5, 5.41) is 14.1. The van der Waals surface area contributed by atoms with Crippen molar-refractivity contribution in [2.24, 2.45) is 5.92 Å². The molecule has 4 nitrogen and oxygen atoms in total. The number of benzene rings is 1. The molecule has 0 aromatic heterocycles. The molecule has 0 saturated carbocycles. The lowest BCUT2D eigenvalue weighted by Crippen LogP contribution is -2.43. The highest BCUT2D eigenvalue weighted by molar-refractivity contribution is 5.44. The van der Waals surface area contributed by atoms with E-state index >= 15 is 0 Å². The second kappa shape index (κ2) is 6.46. The molecule has 1 aliphatic heterocycles. The molecule has 1 aromatic carbocycles. The zero-order chi connectivity index (χ0) is 14.7. The van der Waals surface area contributed by atoms with Crippen molar-refractivity contribution in [2.45, 2.75) is 45.9 Å². The van der Waals surface area contributed by atoms with Gasteiger partial charge in [-0.15, -0.1) is 0 Å². The second-order valence-electron chi connectivity index (χ2n) is 5.94. The van der Waals surface area contributed by atoms with Crippen LogP contribution in [0.15, 0.2) is 18.2 Å². The highest BCUT2D eigenvalue weighted by atomic mass is 16.6. The summed E-state index contributed by atoms with van der Waals surface area (Å²) in [6.45, 7) is 9.54. The third-order valence-electron chi connectivity index (χ3n) is 3.49. The van der Waals surface area contributed by atoms with Gasteiger partial charge in [0.2, 0.25) is 0 Å². The van der Waals surface area contributed by atoms with E-state index in [0.29, 0.717) is 25.2 Å². The maximum atomic E-state index is 10.6. The molecule has 0 radical (unpaired) electrons. The van der Waals surface area contributed by atoms with Crippen molar-refractivity contribution in [1.82, 2.24) is 5.32 Å². The van der Waals surface area contributed by atoms with Gasteiger partial charge in [0.15, 0.2) is 11.5 Å². The van der Waals surface area contributed by atoms with E-state index in [1.165, 1.54) is 0 Å². The molecule has 20 heavy (non-hydrogen) atoms. The van der Waals surface area contributed by atoms with Crippen LogP contribution in [0.3, 0.4) is 0 Å². The Hall–Kier alpha value is -1.26. The van der Waals surface area contributed by atoms with E-state index in [0.717, 1.165) is 17.1 Å². The Balaban J connectivity index is 2.20. The number of ether oxygens (including phenoxy) is 2. The van der Waals surface area contributed by atoms with Crippen molar-refractivity contribution in [2.75, 3.05) is 13.2 Å². The topological polar surface area (TPSA) is 50.7 Å². The normalized spacial score (nSPS) is 17.4. The Bertz CT molecular complexity index is 445. The Morgan fingerprint density at radius 2 is 1.70 bits per heavy atom. The first-order valence-corrected chi connectivity index (χ1v) is 7.32. The number of fused-ring (bicyclic) bond motifs is 1. The van der Waals surface area contributed by atoms with Crippen LogP contribution in [0.4, 0.5) is 0 Å². The predicted molar refractivity (Wildman–Crippen MR) is 79.3 cm³/mol. The highest BCUT2D eigenvalue weighted by Gasteiger charge is 2.26. The Morgan fingerprint density at radius 1 is 1.05 bits per heavy atom. The fourth-order valence-corrected chi connectivity index (χ4v) is 2.48. The lowest BCUT2D eigenvalue weighted by molar-refractivity contribution is 0.0992. The van der Waals surface area contributed by atoms with E-state index in [1.54, 1.807) is 0 Å². The molecule has 1 aliphatic rings. The van der Waals surface area contributed by atoms with Crippen LogP contribution in [0.1, 0.15) is 39.4 Å². The second-order valence-corrected chi connectivity index (χ2v) is 5.94. The molecule has 0 saturated heterocycles. The molecule has 0 aliphatic carbocycles. The summed E-state index contributed by atoms with van der Waals surface area (Å²) in [5.41, 5.74) is 0.862. The quantitative estimate of drug-likeness (QED) is 0.869. The molecular weight excluding hydrogens is 254 g/mol. The van der Waals surface area contributed by atoms with Gasteiger partial charge in [-0.3, -0.25) is 0 Å². The van der Waals surface area contributed by atoms with E-state index in [9.17, 15) is 5.11 Å². The van der Waals surface area contributed by atoms with Crippen LogP contribution in [0.2, 0.25) is 0 Å². The average Bonchev–Trinajstić information content (AvgIpc) is 2.43. The predicted octanol–water partition coefficient (Wildman–Crippen LogP) is 2.51. The van der Waals surface area contributed by atoms with Gasteiger partial charge in [-0.2, -0.15) is 0 Å². The summed E-state index contributed by atoms with van der Waals surface area (Å²) in [6, 6.07) is 6.01. The van der Waals surface area contributed by atoms with E-state index in [1.807, 2.05) is 18.2 Å². The summed E-state index contributed by atoms with van der Waals surface area (Å²) < 4.78 is 11.1. The SMILES string of the molecule is CC(C)NC(C(C)C)C(O)c1ccc2c(c1)OCCO2. The van der Waals surface area contributed by atoms with Crippen LogP contribution in [0.5, 0.6) is 11.5 Å². The monoisotopic (exact) mass is 279 g/mol. The van der Waals surface area contributed by atoms with Crippen LogP contribution in [-0.2, 0) is 0 Å². The van der Waals surface area contributed by atoms with Gasteiger partial charge in [0.25, 0.3) is 0 Å². The molecule has 0 bridgehead atoms. The van der Waals surface area contributed by atoms with Gasteiger partial charge in [0, 0.05) is 12.1 Å². The zero-order valence-corrected chi connectivity index (χ0v) is 12.7. The number of rotatable bonds is 5. The molecule has 0 fully saturated rings. The van der Waals surface area contributed by atoms with Crippen molar-refractivity contribution in [1.29, 1.82) is 0 Å². The van der Waals surface area contributed by atoms with Gasteiger partial charge < -0.3 is 19.9 Å². The summed E-state index contributed by atoms with van der Waals surface area (Å²) in [4.78, 5) is 0. The van der Waals surface area contributed by atoms with Crippen LogP contribution < -0.4 is 14.8 Å². The minimum Gasteiger partial charge on any atom is -0.486 e. The van der Waals surface area contributed by atoms with Crippen molar-refractivity contribution >= 4 is 0 Å². The molecule has 112 valence electrons. The largest absolute Gasteiger partial charge is 0.486 e. The Labute approximate surface area is 121 Å². The lowest BCUT2D eigenvalue weighted by Gasteiger charge is -2.30. The van der Waals surface area contributed by atoms with Crippen LogP contribution in [0, 0.1) is 5.92 Å². The van der Waals surface area contributed by atoms with Crippen LogP contribution >= 0.6 is 0 Å². The maximum Gasteiger partial charge on any atom is 0.161 e. The first kappa shape index (κ1) is 15.1. The Kier molecular flexibility index (Phi) is 4.89. The van der Waals surface area contributed by atoms with Crippen molar-refractivity contribution in [3.05, 3.63) is 23.8 Å². The first-order valence-electron chi connectivity index (χ1n) is 7.32. The first-order chi connectivity index (χ1) is 9.49. The van der Waals surface area contributed by atoms with Crippen molar-refractivity contribution in [3.8, 4) is 11.5 Å². The number of aliphatic hydroxyl groups is 1. The van der Waals surface area contributed by atoms with E-state index in [-0.39, 0.29) is 6.04 Å². The molecule has 2 unspecified atom stereocenters. The van der Waals surface area contributed by atoms with Gasteiger partial charge >= 0.3 is 0 Å². The molecule has 2 N–H and O–H groups in total. The number of hydrogen-bond donors (Lipinski definition) is 2. The van der Waals surface area contributed by atoms with E-state index in [4.69, 9.17) is 9.47 Å². The summed E-state index contributed by atoms with van der Waals surface area (Å²) >= 11 is 0. The number of hydrogen-bond acceptors (Lipinski definition) is 4. The molecule has 0 spiro atoms. The van der Waals surface area contributed by atoms with Gasteiger partial charge in [-0.25, -0.2) is 0 Å². The summed E-state index contributed by atoms with van der Waals surface area (Å²) in [5.74, 6) is 1.81. The van der Waals surface area contributed by atoms with Crippen LogP contribution in [-0.4, -0.2) is 30.4 Å². The maximum absolute atomic E-state index is 10.6. The smallest absolute Gasteiger partial charge is 0.161 e. The zero-order valence-electron chi connectivity index (χ0n) is 12.7. The third-order valence-corrected chi connectivity index (χ3v) is 3.49. The molecule has 0 amide bonds. The van der Waals surface area contributed by atoms with Gasteiger partial charge in [0.1, 0.15) is 13.2 Å². The molecule has 2 rings (SSSR count). The lowest BCUT2D eigenvalue weighted by atomic mass is 9.92. The minimum absolute atomic E-state index is 0.0116. The number of aliphatic hydroxyl groups excluding tert-OH is 1. The summed E-state index contributed by atoms with van der Waals surface area (Å²) in [6.07, 6.45) is -0.562. The van der Waals surface area contributed by atoms with Gasteiger partial charge in [-0.05, 0) is 23.6 Å². The number of nitrogens with one attached hydrogen (secondary N) is 1. The average molecular weight is 279 g/mol. The summed E-state index contributed by atoms with van der Waals surface area (Å²) in [7, 11) is 0. The molecular formula is C16H25NO3. The molecule has 1 aromatic rings. The molecule has 4 heteroatoms. The standard InChI is InChI=1S/C16H25NO3/c1-10(2)15(17-11(3)4)16(18)12-5-6-13-14(9-12)20-8-7-19-13/h5-6,9-11,15-18H,7-8H2,1-4H3. The fourth-order valence-electron chi connectivity index (χ4n) is 2.48.